The molecule has 1 aromatic rings. The van der Waals surface area contributed by atoms with Crippen molar-refractivity contribution in [3.63, 3.8) is 0 Å². The molecule has 3 rings (SSSR count). The Morgan fingerprint density at radius 2 is 1.83 bits per heavy atom. The van der Waals surface area contributed by atoms with Gasteiger partial charge in [-0.3, -0.25) is 19.8 Å². The highest BCUT2D eigenvalue weighted by Crippen LogP contribution is 2.21. The zero-order valence-corrected chi connectivity index (χ0v) is 14.6. The number of nitrogens with one attached hydrogen (secondary N) is 1. The van der Waals surface area contributed by atoms with Crippen molar-refractivity contribution in [2.75, 3.05) is 44.3 Å². The number of piperidine rings is 1. The molecule has 1 unspecified atom stereocenters. The first-order chi connectivity index (χ1) is 11.7. The number of benzene rings is 1. The highest BCUT2D eigenvalue weighted by atomic mass is 35.5. The third-order valence-electron chi connectivity index (χ3n) is 4.97. The van der Waals surface area contributed by atoms with Crippen LogP contribution in [0.3, 0.4) is 0 Å². The predicted molar refractivity (Wildman–Crippen MR) is 94.4 cm³/mol. The number of carbonyl (C=O) groups excluding carboxylic acids is 1. The lowest BCUT2D eigenvalue weighted by molar-refractivity contribution is -0.137. The summed E-state index contributed by atoms with van der Waals surface area (Å²) in [7, 11) is 0. The van der Waals surface area contributed by atoms with Crippen molar-refractivity contribution in [2.24, 2.45) is 0 Å². The summed E-state index contributed by atoms with van der Waals surface area (Å²) >= 11 is 5.95. The Morgan fingerprint density at radius 1 is 1.12 bits per heavy atom. The number of hydroxylamine groups is 1. The summed E-state index contributed by atoms with van der Waals surface area (Å²) < 4.78 is 0. The average molecular weight is 353 g/mol. The molecule has 2 N–H and O–H groups in total. The van der Waals surface area contributed by atoms with Crippen molar-refractivity contribution in [2.45, 2.75) is 25.3 Å². The van der Waals surface area contributed by atoms with Gasteiger partial charge in [0, 0.05) is 43.4 Å². The van der Waals surface area contributed by atoms with E-state index in [1.54, 1.807) is 0 Å². The first kappa shape index (κ1) is 17.5. The van der Waals surface area contributed by atoms with E-state index < -0.39 is 0 Å². The van der Waals surface area contributed by atoms with Crippen LogP contribution in [0.2, 0.25) is 5.02 Å². The van der Waals surface area contributed by atoms with Gasteiger partial charge < -0.3 is 4.90 Å². The number of hydrogen-bond donors (Lipinski definition) is 2. The molecule has 2 saturated heterocycles. The second-order valence-electron chi connectivity index (χ2n) is 6.52. The van der Waals surface area contributed by atoms with Gasteiger partial charge in [-0.25, -0.2) is 5.48 Å². The molecule has 1 atom stereocenters. The minimum Gasteiger partial charge on any atom is -0.369 e. The van der Waals surface area contributed by atoms with Gasteiger partial charge in [-0.15, -0.1) is 0 Å². The van der Waals surface area contributed by atoms with E-state index >= 15 is 0 Å². The molecule has 2 aliphatic rings. The summed E-state index contributed by atoms with van der Waals surface area (Å²) in [6.45, 7) is 5.56. The van der Waals surface area contributed by atoms with Crippen LogP contribution < -0.4 is 10.4 Å². The van der Waals surface area contributed by atoms with E-state index in [4.69, 9.17) is 16.8 Å². The molecule has 0 bridgehead atoms. The van der Waals surface area contributed by atoms with Crippen molar-refractivity contribution in [3.8, 4) is 0 Å². The van der Waals surface area contributed by atoms with Crippen LogP contribution in [0.4, 0.5) is 5.69 Å². The minimum absolute atomic E-state index is 0.210. The molecule has 0 radical (unpaired) electrons. The highest BCUT2D eigenvalue weighted by molar-refractivity contribution is 6.30. The first-order valence-electron chi connectivity index (χ1n) is 8.58. The van der Waals surface area contributed by atoms with Crippen molar-refractivity contribution >= 4 is 23.2 Å². The summed E-state index contributed by atoms with van der Waals surface area (Å²) in [6.07, 6.45) is 2.97. The Bertz CT molecular complexity index is 546. The number of likely N-dealkylation sites (tertiary alicyclic amines) is 1. The molecule has 0 aromatic heterocycles. The Kier molecular flexibility index (Phi) is 5.94. The summed E-state index contributed by atoms with van der Waals surface area (Å²) in [5.74, 6) is -0.283. The van der Waals surface area contributed by atoms with Gasteiger partial charge in [0.1, 0.15) is 0 Å². The van der Waals surface area contributed by atoms with E-state index in [2.05, 4.69) is 26.8 Å². The second kappa shape index (κ2) is 8.16. The Labute approximate surface area is 147 Å². The van der Waals surface area contributed by atoms with Crippen LogP contribution >= 0.6 is 11.6 Å². The zero-order chi connectivity index (χ0) is 16.9. The SMILES string of the molecule is O=C(NO)C1CCCCN1CN1CCN(c2ccc(Cl)cc2)CC1. The fraction of sp³-hybridized carbons (Fsp3) is 0.588. The number of halogens is 1. The first-order valence-corrected chi connectivity index (χ1v) is 8.96. The van der Waals surface area contributed by atoms with Gasteiger partial charge >= 0.3 is 0 Å². The van der Waals surface area contributed by atoms with E-state index in [1.165, 1.54) is 5.69 Å². The molecule has 6 nitrogen and oxygen atoms in total. The summed E-state index contributed by atoms with van der Waals surface area (Å²) in [5, 5.41) is 9.69. The van der Waals surface area contributed by atoms with Gasteiger partial charge in [0.05, 0.1) is 12.7 Å². The topological polar surface area (TPSA) is 59.1 Å². The third-order valence-corrected chi connectivity index (χ3v) is 5.22. The number of nitrogens with zero attached hydrogens (tertiary/aromatic N) is 3. The van der Waals surface area contributed by atoms with Crippen LogP contribution in [0.5, 0.6) is 0 Å². The minimum atomic E-state index is -0.283. The molecule has 0 aliphatic carbocycles. The summed E-state index contributed by atoms with van der Waals surface area (Å²) in [5.41, 5.74) is 3.02. The molecule has 0 saturated carbocycles. The smallest absolute Gasteiger partial charge is 0.260 e. The van der Waals surface area contributed by atoms with E-state index in [9.17, 15) is 4.79 Å². The lowest BCUT2D eigenvalue weighted by atomic mass is 10.0. The number of hydrogen-bond acceptors (Lipinski definition) is 5. The summed E-state index contributed by atoms with van der Waals surface area (Å²) in [4.78, 5) is 18.8. The van der Waals surface area contributed by atoms with E-state index in [-0.39, 0.29) is 11.9 Å². The van der Waals surface area contributed by atoms with Crippen LogP contribution in [0, 0.1) is 0 Å². The molecular weight excluding hydrogens is 328 g/mol. The maximum Gasteiger partial charge on any atom is 0.260 e. The zero-order valence-electron chi connectivity index (χ0n) is 13.8. The normalized spacial score (nSPS) is 23.2. The molecule has 24 heavy (non-hydrogen) atoms. The molecule has 2 aliphatic heterocycles. The lowest BCUT2D eigenvalue weighted by Gasteiger charge is -2.41. The Morgan fingerprint density at radius 3 is 2.50 bits per heavy atom. The van der Waals surface area contributed by atoms with Crippen molar-refractivity contribution in [3.05, 3.63) is 29.3 Å². The van der Waals surface area contributed by atoms with Gasteiger partial charge in [0.25, 0.3) is 5.91 Å². The monoisotopic (exact) mass is 352 g/mol. The molecule has 2 fully saturated rings. The number of rotatable bonds is 4. The molecule has 132 valence electrons. The summed E-state index contributed by atoms with van der Waals surface area (Å²) in [6, 6.07) is 7.76. The highest BCUT2D eigenvalue weighted by Gasteiger charge is 2.30. The van der Waals surface area contributed by atoms with Gasteiger partial charge in [-0.1, -0.05) is 18.0 Å². The fourth-order valence-corrected chi connectivity index (χ4v) is 3.71. The number of amides is 1. The maximum atomic E-state index is 11.8. The van der Waals surface area contributed by atoms with Gasteiger partial charge in [0.2, 0.25) is 0 Å². The quantitative estimate of drug-likeness (QED) is 0.639. The number of piperazine rings is 1. The standard InChI is InChI=1S/C17H25ClN4O2/c18-14-4-6-15(7-5-14)21-11-9-20(10-12-21)13-22-8-2-1-3-16(22)17(23)19-24/h4-7,16,24H,1-3,8-13H2,(H,19,23). The molecule has 0 spiro atoms. The largest absolute Gasteiger partial charge is 0.369 e. The molecular formula is C17H25ClN4O2. The number of carbonyl (C=O) groups is 1. The number of anilines is 1. The fourth-order valence-electron chi connectivity index (χ4n) is 3.59. The van der Waals surface area contributed by atoms with Crippen LogP contribution in [0.25, 0.3) is 0 Å². The van der Waals surface area contributed by atoms with Gasteiger partial charge in [-0.05, 0) is 37.1 Å². The predicted octanol–water partition coefficient (Wildman–Crippen LogP) is 1.78. The molecule has 1 amide bonds. The third kappa shape index (κ3) is 4.19. The van der Waals surface area contributed by atoms with Crippen LogP contribution in [0.1, 0.15) is 19.3 Å². The van der Waals surface area contributed by atoms with Gasteiger partial charge in [0.15, 0.2) is 0 Å². The molecule has 1 aromatic carbocycles. The average Bonchev–Trinajstić information content (AvgIpc) is 2.63. The van der Waals surface area contributed by atoms with Crippen LogP contribution in [-0.2, 0) is 4.79 Å². The molecule has 7 heteroatoms. The van der Waals surface area contributed by atoms with E-state index in [0.717, 1.165) is 63.7 Å². The molecule has 2 heterocycles. The second-order valence-corrected chi connectivity index (χ2v) is 6.96. The van der Waals surface area contributed by atoms with Crippen molar-refractivity contribution < 1.29 is 10.0 Å². The van der Waals surface area contributed by atoms with E-state index in [0.29, 0.717) is 0 Å². The van der Waals surface area contributed by atoms with Crippen LogP contribution in [-0.4, -0.2) is 66.3 Å². The van der Waals surface area contributed by atoms with Gasteiger partial charge in [-0.2, -0.15) is 0 Å². The Balaban J connectivity index is 1.52. The lowest BCUT2D eigenvalue weighted by Crippen LogP contribution is -2.56. The maximum absolute atomic E-state index is 11.8. The van der Waals surface area contributed by atoms with Crippen molar-refractivity contribution in [1.29, 1.82) is 0 Å². The van der Waals surface area contributed by atoms with Crippen LogP contribution in [0.15, 0.2) is 24.3 Å². The van der Waals surface area contributed by atoms with E-state index in [1.807, 2.05) is 17.6 Å². The Hall–Kier alpha value is -1.34. The van der Waals surface area contributed by atoms with Crippen molar-refractivity contribution in [1.82, 2.24) is 15.3 Å².